The Labute approximate surface area is 189 Å². The number of alkyl halides is 1. The minimum atomic E-state index is -0.546. The van der Waals surface area contributed by atoms with E-state index in [1.807, 2.05) is 30.9 Å². The van der Waals surface area contributed by atoms with Gasteiger partial charge < -0.3 is 16.0 Å². The van der Waals surface area contributed by atoms with Gasteiger partial charge in [-0.15, -0.1) is 11.6 Å². The van der Waals surface area contributed by atoms with Crippen LogP contribution in [0.15, 0.2) is 36.0 Å². The van der Waals surface area contributed by atoms with Gasteiger partial charge in [0.15, 0.2) is 0 Å². The second-order valence-corrected chi connectivity index (χ2v) is 9.82. The Morgan fingerprint density at radius 1 is 1.17 bits per heavy atom. The van der Waals surface area contributed by atoms with Crippen LogP contribution in [-0.4, -0.2) is 41.2 Å². The molecule has 5 nitrogen and oxygen atoms in total. The van der Waals surface area contributed by atoms with E-state index >= 15 is 0 Å². The Hall–Kier alpha value is -1.72. The van der Waals surface area contributed by atoms with Crippen molar-refractivity contribution >= 4 is 35.0 Å². The van der Waals surface area contributed by atoms with Crippen molar-refractivity contribution in [3.63, 3.8) is 0 Å². The van der Waals surface area contributed by atoms with Crippen LogP contribution in [0.4, 0.5) is 0 Å². The minimum Gasteiger partial charge on any atom is -0.402 e. The molecule has 1 aliphatic heterocycles. The lowest BCUT2D eigenvalue weighted by atomic mass is 9.88. The molecule has 30 heavy (non-hydrogen) atoms. The van der Waals surface area contributed by atoms with E-state index in [0.717, 1.165) is 17.9 Å². The summed E-state index contributed by atoms with van der Waals surface area (Å²) in [5, 5.41) is 3.56. The number of benzene rings is 1. The molecule has 2 unspecified atom stereocenters. The molecule has 0 saturated carbocycles. The summed E-state index contributed by atoms with van der Waals surface area (Å²) in [6.45, 7) is 5.29. The van der Waals surface area contributed by atoms with Crippen LogP contribution in [0.25, 0.3) is 0 Å². The van der Waals surface area contributed by atoms with Crippen molar-refractivity contribution in [2.24, 2.45) is 17.6 Å². The van der Waals surface area contributed by atoms with E-state index in [9.17, 15) is 9.59 Å². The zero-order valence-electron chi connectivity index (χ0n) is 17.6. The number of nitrogens with zero attached hydrogens (tertiary/aromatic N) is 1. The topological polar surface area (TPSA) is 75.4 Å². The van der Waals surface area contributed by atoms with E-state index in [2.05, 4.69) is 17.4 Å². The van der Waals surface area contributed by atoms with Crippen molar-refractivity contribution in [2.45, 2.75) is 56.9 Å². The van der Waals surface area contributed by atoms with Crippen LogP contribution in [-0.2, 0) is 9.59 Å². The van der Waals surface area contributed by atoms with Gasteiger partial charge in [-0.3, -0.25) is 9.59 Å². The lowest BCUT2D eigenvalue weighted by Crippen LogP contribution is -2.54. The van der Waals surface area contributed by atoms with Crippen LogP contribution >= 0.6 is 23.2 Å². The lowest BCUT2D eigenvalue weighted by Gasteiger charge is -2.36. The van der Waals surface area contributed by atoms with Gasteiger partial charge in [0.1, 0.15) is 6.04 Å². The summed E-state index contributed by atoms with van der Waals surface area (Å²) in [4.78, 5) is 27.9. The Morgan fingerprint density at radius 3 is 2.37 bits per heavy atom. The molecule has 1 aromatic rings. The molecule has 3 rings (SSSR count). The third kappa shape index (κ3) is 5.70. The number of likely N-dealkylation sites (tertiary alicyclic amines) is 1. The summed E-state index contributed by atoms with van der Waals surface area (Å²) in [5.74, 6) is -0.151. The number of hydrogen-bond donors (Lipinski definition) is 2. The Kier molecular flexibility index (Phi) is 7.70. The van der Waals surface area contributed by atoms with Crippen molar-refractivity contribution < 1.29 is 9.59 Å². The third-order valence-electron chi connectivity index (χ3n) is 6.10. The summed E-state index contributed by atoms with van der Waals surface area (Å²) in [6, 6.07) is 7.41. The highest BCUT2D eigenvalue weighted by molar-refractivity contribution is 6.30. The molecular weight excluding hydrogens is 421 g/mol. The Morgan fingerprint density at radius 2 is 1.80 bits per heavy atom. The van der Waals surface area contributed by atoms with Gasteiger partial charge in [0.2, 0.25) is 11.8 Å². The third-order valence-corrected chi connectivity index (χ3v) is 6.68. The first-order valence-corrected chi connectivity index (χ1v) is 11.5. The maximum Gasteiger partial charge on any atom is 0.245 e. The zero-order chi connectivity index (χ0) is 21.8. The van der Waals surface area contributed by atoms with Gasteiger partial charge in [-0.1, -0.05) is 43.7 Å². The quantitative estimate of drug-likeness (QED) is 0.662. The van der Waals surface area contributed by atoms with Crippen LogP contribution in [0, 0.1) is 11.8 Å². The molecule has 7 heteroatoms. The second-order valence-electron chi connectivity index (χ2n) is 8.77. The Balaban J connectivity index is 1.60. The van der Waals surface area contributed by atoms with E-state index in [1.54, 1.807) is 6.08 Å². The summed E-state index contributed by atoms with van der Waals surface area (Å²) in [5.41, 5.74) is 7.80. The first-order valence-electron chi connectivity index (χ1n) is 10.7. The van der Waals surface area contributed by atoms with Gasteiger partial charge in [0, 0.05) is 35.6 Å². The number of amides is 2. The average molecular weight is 452 g/mol. The smallest absolute Gasteiger partial charge is 0.245 e. The standard InChI is InChI=1S/C23H31Cl2N3O2/c1-14(2)21(27-22(29)17-11-19(25)13-20(26)12-17)23(30)28-9-7-16(8-10-28)15-3-5-18(24)6-4-15/h3-6,12,14,16-17,19,21H,7-11,13,26H2,1-2H3,(H,27,29)/t17?,19?,21-/m1/s1. The lowest BCUT2D eigenvalue weighted by molar-refractivity contribution is -0.139. The van der Waals surface area contributed by atoms with Crippen molar-refractivity contribution in [3.05, 3.63) is 46.6 Å². The molecule has 164 valence electrons. The number of carbonyl (C=O) groups is 2. The fourth-order valence-corrected chi connectivity index (χ4v) is 4.83. The van der Waals surface area contributed by atoms with Crippen molar-refractivity contribution in [1.29, 1.82) is 0 Å². The molecule has 0 bridgehead atoms. The molecule has 2 amide bonds. The highest BCUT2D eigenvalue weighted by Gasteiger charge is 2.34. The van der Waals surface area contributed by atoms with E-state index < -0.39 is 6.04 Å². The summed E-state index contributed by atoms with van der Waals surface area (Å²) in [7, 11) is 0. The fourth-order valence-electron chi connectivity index (χ4n) is 4.33. The maximum atomic E-state index is 13.2. The van der Waals surface area contributed by atoms with Gasteiger partial charge in [-0.05, 0) is 48.8 Å². The molecule has 0 spiro atoms. The van der Waals surface area contributed by atoms with Crippen molar-refractivity contribution in [2.75, 3.05) is 13.1 Å². The number of halogens is 2. The van der Waals surface area contributed by atoms with Gasteiger partial charge >= 0.3 is 0 Å². The average Bonchev–Trinajstić information content (AvgIpc) is 2.71. The number of hydrogen-bond acceptors (Lipinski definition) is 3. The molecule has 1 aliphatic carbocycles. The molecule has 0 aromatic heterocycles. The van der Waals surface area contributed by atoms with Gasteiger partial charge in [-0.25, -0.2) is 0 Å². The molecule has 3 N–H and O–H groups in total. The normalized spacial score (nSPS) is 23.8. The molecule has 1 fully saturated rings. The molecule has 3 atom stereocenters. The minimum absolute atomic E-state index is 0.00726. The predicted molar refractivity (Wildman–Crippen MR) is 121 cm³/mol. The van der Waals surface area contributed by atoms with Crippen LogP contribution in [0.3, 0.4) is 0 Å². The molecule has 2 aliphatic rings. The first-order chi connectivity index (χ1) is 14.2. The summed E-state index contributed by atoms with van der Waals surface area (Å²) < 4.78 is 0. The van der Waals surface area contributed by atoms with E-state index in [-0.39, 0.29) is 29.0 Å². The van der Waals surface area contributed by atoms with E-state index in [0.29, 0.717) is 37.5 Å². The number of rotatable bonds is 5. The molecule has 1 heterocycles. The highest BCUT2D eigenvalue weighted by atomic mass is 35.5. The number of nitrogens with two attached hydrogens (primary N) is 1. The SMILES string of the molecule is CC(C)[C@@H](NC(=O)C1C=C(N)CC(Cl)C1)C(=O)N1CCC(c2ccc(Cl)cc2)CC1. The second kappa shape index (κ2) is 10.1. The van der Waals surface area contributed by atoms with Crippen molar-refractivity contribution in [1.82, 2.24) is 10.2 Å². The largest absolute Gasteiger partial charge is 0.402 e. The summed E-state index contributed by atoms with van der Waals surface area (Å²) >= 11 is 12.2. The van der Waals surface area contributed by atoms with Crippen LogP contribution < -0.4 is 11.1 Å². The molecule has 1 saturated heterocycles. The van der Waals surface area contributed by atoms with Gasteiger partial charge in [0.25, 0.3) is 0 Å². The van der Waals surface area contributed by atoms with Gasteiger partial charge in [-0.2, -0.15) is 0 Å². The highest BCUT2D eigenvalue weighted by Crippen LogP contribution is 2.30. The first kappa shape index (κ1) is 23.0. The summed E-state index contributed by atoms with van der Waals surface area (Å²) in [6.07, 6.45) is 4.72. The maximum absolute atomic E-state index is 13.2. The number of piperidine rings is 1. The van der Waals surface area contributed by atoms with Gasteiger partial charge in [0.05, 0.1) is 5.92 Å². The molecule has 0 radical (unpaired) electrons. The number of nitrogens with one attached hydrogen (secondary N) is 1. The van der Waals surface area contributed by atoms with Crippen molar-refractivity contribution in [3.8, 4) is 0 Å². The molecule has 1 aromatic carbocycles. The zero-order valence-corrected chi connectivity index (χ0v) is 19.1. The monoisotopic (exact) mass is 451 g/mol. The fraction of sp³-hybridized carbons (Fsp3) is 0.565. The van der Waals surface area contributed by atoms with E-state index in [1.165, 1.54) is 5.56 Å². The van der Waals surface area contributed by atoms with Crippen LogP contribution in [0.2, 0.25) is 5.02 Å². The molecular formula is C23H31Cl2N3O2. The Bertz CT molecular complexity index is 786. The van der Waals surface area contributed by atoms with Crippen LogP contribution in [0.1, 0.15) is 51.0 Å². The van der Waals surface area contributed by atoms with Crippen LogP contribution in [0.5, 0.6) is 0 Å². The number of allylic oxidation sites excluding steroid dienone is 1. The van der Waals surface area contributed by atoms with E-state index in [4.69, 9.17) is 28.9 Å². The number of carbonyl (C=O) groups excluding carboxylic acids is 2. The predicted octanol–water partition coefficient (Wildman–Crippen LogP) is 4.05.